The van der Waals surface area contributed by atoms with Crippen molar-refractivity contribution in [3.63, 3.8) is 0 Å². The fraction of sp³-hybridized carbons (Fsp3) is 0.357. The first-order chi connectivity index (χ1) is 16.7. The Bertz CT molecular complexity index is 1030. The summed E-state index contributed by atoms with van der Waals surface area (Å²) in [5.74, 6) is 0.967. The van der Waals surface area contributed by atoms with Crippen molar-refractivity contribution in [2.45, 2.75) is 32.0 Å². The molecule has 2 aromatic carbocycles. The van der Waals surface area contributed by atoms with Crippen LogP contribution in [0.25, 0.3) is 0 Å². The molecule has 6 heteroatoms. The Morgan fingerprint density at radius 2 is 1.76 bits per heavy atom. The number of rotatable bonds is 6. The fourth-order valence-electron chi connectivity index (χ4n) is 4.60. The third kappa shape index (κ3) is 6.89. The molecule has 2 heterocycles. The molecule has 1 amide bonds. The summed E-state index contributed by atoms with van der Waals surface area (Å²) in [6.45, 7) is 4.95. The maximum Gasteiger partial charge on any atom is 0.221 e. The molecule has 0 bridgehead atoms. The van der Waals surface area contributed by atoms with Gasteiger partial charge in [0.2, 0.25) is 5.91 Å². The average Bonchev–Trinajstić information content (AvgIpc) is 2.90. The van der Waals surface area contributed by atoms with Gasteiger partial charge < -0.3 is 10.1 Å². The van der Waals surface area contributed by atoms with Gasteiger partial charge in [0.1, 0.15) is 5.75 Å². The third-order valence-corrected chi connectivity index (χ3v) is 6.35. The summed E-state index contributed by atoms with van der Waals surface area (Å²) in [6, 6.07) is 22.8. The molecule has 178 valence electrons. The lowest BCUT2D eigenvalue weighted by Gasteiger charge is -2.32. The highest BCUT2D eigenvalue weighted by atomic mass is 16.5. The molecule has 1 unspecified atom stereocenters. The minimum absolute atomic E-state index is 0.0271. The van der Waals surface area contributed by atoms with Gasteiger partial charge in [-0.25, -0.2) is 0 Å². The van der Waals surface area contributed by atoms with Crippen molar-refractivity contribution in [2.24, 2.45) is 0 Å². The highest BCUT2D eigenvalue weighted by molar-refractivity contribution is 5.76. The van der Waals surface area contributed by atoms with E-state index in [2.05, 4.69) is 68.6 Å². The predicted molar refractivity (Wildman–Crippen MR) is 134 cm³/mol. The van der Waals surface area contributed by atoms with E-state index in [1.165, 1.54) is 16.7 Å². The van der Waals surface area contributed by atoms with E-state index in [-0.39, 0.29) is 11.9 Å². The normalized spacial score (nSPS) is 18.6. The second-order valence-corrected chi connectivity index (χ2v) is 8.79. The number of nitrogens with zero attached hydrogens (tertiary/aromatic N) is 3. The summed E-state index contributed by atoms with van der Waals surface area (Å²) < 4.78 is 5.39. The minimum Gasteiger partial charge on any atom is -0.497 e. The Balaban J connectivity index is 1.53. The van der Waals surface area contributed by atoms with Gasteiger partial charge in [-0.05, 0) is 53.9 Å². The maximum atomic E-state index is 13.0. The fourth-order valence-corrected chi connectivity index (χ4v) is 4.60. The summed E-state index contributed by atoms with van der Waals surface area (Å²) >= 11 is 0. The number of ether oxygens (including phenoxy) is 1. The highest BCUT2D eigenvalue weighted by Crippen LogP contribution is 2.27. The number of methoxy groups -OCH3 is 1. The van der Waals surface area contributed by atoms with Gasteiger partial charge in [0.15, 0.2) is 0 Å². The Kier molecular flexibility index (Phi) is 8.65. The van der Waals surface area contributed by atoms with E-state index >= 15 is 0 Å². The van der Waals surface area contributed by atoms with Crippen LogP contribution in [-0.4, -0.2) is 54.0 Å². The minimum atomic E-state index is 0.0271. The molecule has 0 spiro atoms. The summed E-state index contributed by atoms with van der Waals surface area (Å²) in [6.07, 6.45) is 5.14. The van der Waals surface area contributed by atoms with Gasteiger partial charge in [-0.2, -0.15) is 0 Å². The standard InChI is InChI=1S/C28H34N4O2/c1-34-26-10-5-7-24(19-26)21-31-16-6-17-32(22-23-11-13-29-14-12-23)27(20-28(33)30-15-18-31)25-8-3-2-4-9-25/h2-5,7-14,19,27H,6,15-18,20-22H2,1H3,(H,30,33). The van der Waals surface area contributed by atoms with E-state index < -0.39 is 0 Å². The van der Waals surface area contributed by atoms with Gasteiger partial charge in [-0.3, -0.25) is 19.6 Å². The molecule has 3 aromatic rings. The van der Waals surface area contributed by atoms with E-state index in [0.717, 1.165) is 44.9 Å². The zero-order chi connectivity index (χ0) is 23.6. The topological polar surface area (TPSA) is 57.7 Å². The van der Waals surface area contributed by atoms with Crippen molar-refractivity contribution in [1.29, 1.82) is 0 Å². The molecule has 1 N–H and O–H groups in total. The highest BCUT2D eigenvalue weighted by Gasteiger charge is 2.24. The van der Waals surface area contributed by atoms with E-state index in [4.69, 9.17) is 4.74 Å². The number of hydrogen-bond donors (Lipinski definition) is 1. The van der Waals surface area contributed by atoms with Gasteiger partial charge in [-0.15, -0.1) is 0 Å². The van der Waals surface area contributed by atoms with Crippen molar-refractivity contribution >= 4 is 5.91 Å². The molecule has 4 rings (SSSR count). The second kappa shape index (κ2) is 12.3. The summed E-state index contributed by atoms with van der Waals surface area (Å²) in [4.78, 5) is 22.0. The number of hydrogen-bond acceptors (Lipinski definition) is 5. The summed E-state index contributed by atoms with van der Waals surface area (Å²) in [7, 11) is 1.70. The van der Waals surface area contributed by atoms with Crippen LogP contribution in [0.1, 0.15) is 35.6 Å². The van der Waals surface area contributed by atoms with Crippen LogP contribution in [-0.2, 0) is 17.9 Å². The van der Waals surface area contributed by atoms with Gasteiger partial charge in [-0.1, -0.05) is 42.5 Å². The predicted octanol–water partition coefficient (Wildman–Crippen LogP) is 4.05. The monoisotopic (exact) mass is 458 g/mol. The van der Waals surface area contributed by atoms with E-state index in [9.17, 15) is 4.79 Å². The second-order valence-electron chi connectivity index (χ2n) is 8.79. The van der Waals surface area contributed by atoms with Gasteiger partial charge in [0.25, 0.3) is 0 Å². The van der Waals surface area contributed by atoms with Gasteiger partial charge in [0, 0.05) is 57.6 Å². The lowest BCUT2D eigenvalue weighted by molar-refractivity contribution is -0.122. The molecule has 1 saturated heterocycles. The van der Waals surface area contributed by atoms with Crippen molar-refractivity contribution in [3.8, 4) is 5.75 Å². The molecular formula is C28H34N4O2. The lowest BCUT2D eigenvalue weighted by Crippen LogP contribution is -2.35. The molecule has 0 radical (unpaired) electrons. The van der Waals surface area contributed by atoms with E-state index in [0.29, 0.717) is 13.0 Å². The molecule has 0 saturated carbocycles. The van der Waals surface area contributed by atoms with Crippen molar-refractivity contribution in [3.05, 3.63) is 95.8 Å². The lowest BCUT2D eigenvalue weighted by atomic mass is 10.00. The van der Waals surface area contributed by atoms with Gasteiger partial charge >= 0.3 is 0 Å². The number of amides is 1. The van der Waals surface area contributed by atoms with Crippen molar-refractivity contribution < 1.29 is 9.53 Å². The zero-order valence-corrected chi connectivity index (χ0v) is 19.9. The van der Waals surface area contributed by atoms with Crippen LogP contribution in [0.15, 0.2) is 79.1 Å². The van der Waals surface area contributed by atoms with Crippen LogP contribution in [0, 0.1) is 0 Å². The first-order valence-electron chi connectivity index (χ1n) is 12.0. The molecule has 6 nitrogen and oxygen atoms in total. The van der Waals surface area contributed by atoms with Gasteiger partial charge in [0.05, 0.1) is 7.11 Å². The molecule has 1 aliphatic rings. The Hall–Kier alpha value is -3.22. The van der Waals surface area contributed by atoms with Crippen LogP contribution in [0.5, 0.6) is 5.75 Å². The Morgan fingerprint density at radius 3 is 2.56 bits per heavy atom. The first kappa shape index (κ1) is 23.9. The Morgan fingerprint density at radius 1 is 0.941 bits per heavy atom. The van der Waals surface area contributed by atoms with E-state index in [1.54, 1.807) is 7.11 Å². The molecule has 0 aliphatic carbocycles. The van der Waals surface area contributed by atoms with Crippen LogP contribution >= 0.6 is 0 Å². The number of aromatic nitrogens is 1. The largest absolute Gasteiger partial charge is 0.497 e. The summed E-state index contributed by atoms with van der Waals surface area (Å²) in [5.41, 5.74) is 3.61. The summed E-state index contributed by atoms with van der Waals surface area (Å²) in [5, 5.41) is 3.16. The first-order valence-corrected chi connectivity index (χ1v) is 12.0. The number of pyridine rings is 1. The zero-order valence-electron chi connectivity index (χ0n) is 19.9. The van der Waals surface area contributed by atoms with Crippen LogP contribution in [0.2, 0.25) is 0 Å². The number of carbonyl (C=O) groups excluding carboxylic acids is 1. The number of carbonyl (C=O) groups is 1. The molecule has 1 fully saturated rings. The molecule has 1 atom stereocenters. The number of nitrogens with one attached hydrogen (secondary N) is 1. The molecule has 1 aliphatic heterocycles. The molecular weight excluding hydrogens is 424 g/mol. The van der Waals surface area contributed by atoms with Crippen LogP contribution in [0.4, 0.5) is 0 Å². The number of benzene rings is 2. The third-order valence-electron chi connectivity index (χ3n) is 6.35. The van der Waals surface area contributed by atoms with Crippen molar-refractivity contribution in [2.75, 3.05) is 33.3 Å². The molecule has 1 aromatic heterocycles. The smallest absolute Gasteiger partial charge is 0.221 e. The Labute approximate surface area is 202 Å². The van der Waals surface area contributed by atoms with Crippen LogP contribution in [0.3, 0.4) is 0 Å². The average molecular weight is 459 g/mol. The quantitative estimate of drug-likeness (QED) is 0.604. The van der Waals surface area contributed by atoms with Crippen LogP contribution < -0.4 is 10.1 Å². The SMILES string of the molecule is COc1cccc(CN2CCCN(Cc3ccncc3)C(c3ccccc3)CC(=O)NCC2)c1. The maximum absolute atomic E-state index is 13.0. The molecule has 34 heavy (non-hydrogen) atoms. The van der Waals surface area contributed by atoms with Crippen molar-refractivity contribution in [1.82, 2.24) is 20.1 Å². The van der Waals surface area contributed by atoms with E-state index in [1.807, 2.05) is 30.6 Å².